The molecule has 11 heteroatoms. The summed E-state index contributed by atoms with van der Waals surface area (Å²) in [4.78, 5) is 21.4. The van der Waals surface area contributed by atoms with Crippen LogP contribution in [0, 0.1) is 24.1 Å². The monoisotopic (exact) mass is 760 g/mol. The standard InChI is InChI=1S/C44H42ClFN4O5/c1-30(2)54-38-13-11-37(12-14-38)53-29-36-10-8-35(24-41(36)46)27-49-18-20-50(21-19-49)43(51)17-9-34-22-31(3)44(40(45)23-34)55-42-16-15-39(26-48-42)52-28-33-6-4-32(25-47)5-7-33/h4-17,22-24,26,30H,18-21,27-29H2,1-3H3/b17-9+. The van der Waals surface area contributed by atoms with E-state index in [1.807, 2.05) is 74.2 Å². The molecule has 1 fully saturated rings. The van der Waals surface area contributed by atoms with E-state index in [4.69, 9.17) is 35.8 Å². The maximum atomic E-state index is 15.0. The van der Waals surface area contributed by atoms with Gasteiger partial charge in [0.1, 0.15) is 36.3 Å². The van der Waals surface area contributed by atoms with Crippen molar-refractivity contribution in [2.24, 2.45) is 0 Å². The van der Waals surface area contributed by atoms with Crippen molar-refractivity contribution >= 4 is 23.6 Å². The summed E-state index contributed by atoms with van der Waals surface area (Å²) < 4.78 is 38.2. The molecule has 2 heterocycles. The van der Waals surface area contributed by atoms with Crippen molar-refractivity contribution in [1.29, 1.82) is 5.26 Å². The van der Waals surface area contributed by atoms with Crippen LogP contribution in [0.4, 0.5) is 4.39 Å². The quantitative estimate of drug-likeness (QED) is 0.103. The third-order valence-corrected chi connectivity index (χ3v) is 9.15. The second-order valence-corrected chi connectivity index (χ2v) is 13.9. The van der Waals surface area contributed by atoms with E-state index in [1.165, 1.54) is 0 Å². The van der Waals surface area contributed by atoms with Crippen LogP contribution >= 0.6 is 11.6 Å². The first-order valence-electron chi connectivity index (χ1n) is 18.0. The van der Waals surface area contributed by atoms with Crippen LogP contribution in [0.1, 0.15) is 47.2 Å². The Labute approximate surface area is 326 Å². The molecule has 0 bridgehead atoms. The highest BCUT2D eigenvalue weighted by atomic mass is 35.5. The van der Waals surface area contributed by atoms with Gasteiger partial charge in [-0.2, -0.15) is 5.26 Å². The Morgan fingerprint density at radius 3 is 2.24 bits per heavy atom. The average Bonchev–Trinajstić information content (AvgIpc) is 3.18. The Morgan fingerprint density at radius 2 is 1.58 bits per heavy atom. The molecule has 0 spiro atoms. The van der Waals surface area contributed by atoms with Crippen LogP contribution < -0.4 is 18.9 Å². The molecule has 55 heavy (non-hydrogen) atoms. The molecule has 0 saturated carbocycles. The normalized spacial score (nSPS) is 13.1. The average molecular weight is 761 g/mol. The predicted octanol–water partition coefficient (Wildman–Crippen LogP) is 9.15. The van der Waals surface area contributed by atoms with Crippen LogP contribution in [0.5, 0.6) is 28.9 Å². The zero-order valence-electron chi connectivity index (χ0n) is 31.0. The highest BCUT2D eigenvalue weighted by Gasteiger charge is 2.20. The summed E-state index contributed by atoms with van der Waals surface area (Å²) in [6.07, 6.45) is 4.97. The van der Waals surface area contributed by atoms with Crippen LogP contribution in [0.3, 0.4) is 0 Å². The van der Waals surface area contributed by atoms with Crippen molar-refractivity contribution in [1.82, 2.24) is 14.8 Å². The van der Waals surface area contributed by atoms with Crippen molar-refractivity contribution in [3.8, 4) is 34.9 Å². The molecule has 1 saturated heterocycles. The van der Waals surface area contributed by atoms with Gasteiger partial charge in [0.25, 0.3) is 0 Å². The van der Waals surface area contributed by atoms with Gasteiger partial charge in [-0.1, -0.05) is 35.9 Å². The summed E-state index contributed by atoms with van der Waals surface area (Å²) in [5.41, 5.74) is 4.44. The van der Waals surface area contributed by atoms with Crippen molar-refractivity contribution in [2.75, 3.05) is 26.2 Å². The minimum Gasteiger partial charge on any atom is -0.491 e. The van der Waals surface area contributed by atoms with Crippen molar-refractivity contribution < 1.29 is 28.1 Å². The van der Waals surface area contributed by atoms with Gasteiger partial charge in [0.05, 0.1) is 29.0 Å². The number of nitrogens with zero attached hydrogens (tertiary/aromatic N) is 4. The lowest BCUT2D eigenvalue weighted by molar-refractivity contribution is -0.127. The number of hydrogen-bond acceptors (Lipinski definition) is 8. The second-order valence-electron chi connectivity index (χ2n) is 13.5. The highest BCUT2D eigenvalue weighted by molar-refractivity contribution is 6.32. The SMILES string of the molecule is Cc1cc(/C=C/C(=O)N2CCN(Cc3ccc(COc4ccc(OC(C)C)cc4)c(F)c3)CC2)cc(Cl)c1Oc1ccc(OCc2ccc(C#N)cc2)cn1. The lowest BCUT2D eigenvalue weighted by atomic mass is 10.1. The topological polar surface area (TPSA) is 97.2 Å². The number of amides is 1. The largest absolute Gasteiger partial charge is 0.491 e. The Morgan fingerprint density at radius 1 is 0.891 bits per heavy atom. The summed E-state index contributed by atoms with van der Waals surface area (Å²) in [6, 6.07) is 29.0. The fourth-order valence-electron chi connectivity index (χ4n) is 5.95. The van der Waals surface area contributed by atoms with Crippen LogP contribution in [-0.2, 0) is 24.6 Å². The van der Waals surface area contributed by atoms with E-state index in [1.54, 1.807) is 60.8 Å². The highest BCUT2D eigenvalue weighted by Crippen LogP contribution is 2.34. The number of pyridine rings is 1. The van der Waals surface area contributed by atoms with Gasteiger partial charge in [0.15, 0.2) is 5.75 Å². The Balaban J connectivity index is 0.943. The number of piperazine rings is 1. The molecule has 1 amide bonds. The Kier molecular flexibility index (Phi) is 13.0. The Hall–Kier alpha value is -5.89. The molecule has 6 rings (SSSR count). The molecule has 0 radical (unpaired) electrons. The van der Waals surface area contributed by atoms with Crippen molar-refractivity contribution in [3.63, 3.8) is 0 Å². The van der Waals surface area contributed by atoms with E-state index in [-0.39, 0.29) is 24.4 Å². The molecule has 9 nitrogen and oxygen atoms in total. The van der Waals surface area contributed by atoms with Gasteiger partial charge >= 0.3 is 0 Å². The molecule has 1 aliphatic rings. The van der Waals surface area contributed by atoms with E-state index in [9.17, 15) is 9.18 Å². The minimum absolute atomic E-state index is 0.0858. The smallest absolute Gasteiger partial charge is 0.246 e. The molecule has 282 valence electrons. The van der Waals surface area contributed by atoms with E-state index in [2.05, 4.69) is 16.0 Å². The molecule has 1 aliphatic heterocycles. The number of carbonyl (C=O) groups is 1. The van der Waals surface area contributed by atoms with E-state index in [0.29, 0.717) is 78.6 Å². The lowest BCUT2D eigenvalue weighted by Crippen LogP contribution is -2.47. The fraction of sp³-hybridized carbons (Fsp3) is 0.250. The number of aromatic nitrogens is 1. The van der Waals surface area contributed by atoms with Gasteiger partial charge in [-0.25, -0.2) is 9.37 Å². The van der Waals surface area contributed by atoms with Gasteiger partial charge in [-0.15, -0.1) is 0 Å². The van der Waals surface area contributed by atoms with E-state index >= 15 is 0 Å². The fourth-order valence-corrected chi connectivity index (χ4v) is 6.27. The van der Waals surface area contributed by atoms with Crippen LogP contribution in [0.15, 0.2) is 103 Å². The zero-order chi connectivity index (χ0) is 38.7. The summed E-state index contributed by atoms with van der Waals surface area (Å²) in [5.74, 6) is 2.42. The zero-order valence-corrected chi connectivity index (χ0v) is 31.8. The maximum absolute atomic E-state index is 15.0. The third-order valence-electron chi connectivity index (χ3n) is 8.87. The number of aryl methyl sites for hydroxylation is 1. The van der Waals surface area contributed by atoms with Crippen molar-refractivity contribution in [3.05, 3.63) is 147 Å². The van der Waals surface area contributed by atoms with Gasteiger partial charge in [-0.05, 0) is 110 Å². The first-order valence-corrected chi connectivity index (χ1v) is 18.4. The predicted molar refractivity (Wildman–Crippen MR) is 210 cm³/mol. The second kappa shape index (κ2) is 18.4. The number of hydrogen-bond donors (Lipinski definition) is 0. The number of ether oxygens (including phenoxy) is 4. The number of nitriles is 1. The summed E-state index contributed by atoms with van der Waals surface area (Å²) in [5, 5.41) is 9.35. The first-order chi connectivity index (χ1) is 26.6. The number of carbonyl (C=O) groups excluding carboxylic acids is 1. The van der Waals surface area contributed by atoms with Gasteiger partial charge < -0.3 is 23.8 Å². The molecule has 0 aliphatic carbocycles. The van der Waals surface area contributed by atoms with E-state index in [0.717, 1.165) is 28.0 Å². The van der Waals surface area contributed by atoms with Crippen LogP contribution in [0.2, 0.25) is 5.02 Å². The van der Waals surface area contributed by atoms with Crippen molar-refractivity contribution in [2.45, 2.75) is 46.6 Å². The Bertz CT molecular complexity index is 2120. The molecule has 4 aromatic carbocycles. The maximum Gasteiger partial charge on any atom is 0.246 e. The van der Waals surface area contributed by atoms with Gasteiger partial charge in [0, 0.05) is 50.4 Å². The number of rotatable bonds is 14. The molecular weight excluding hydrogens is 719 g/mol. The number of benzene rings is 4. The molecular formula is C44H42ClFN4O5. The third kappa shape index (κ3) is 11.1. The van der Waals surface area contributed by atoms with Gasteiger partial charge in [-0.3, -0.25) is 9.69 Å². The summed E-state index contributed by atoms with van der Waals surface area (Å²) >= 11 is 6.61. The summed E-state index contributed by atoms with van der Waals surface area (Å²) in [6.45, 7) is 9.36. The first kappa shape index (κ1) is 38.8. The molecule has 0 unspecified atom stereocenters. The minimum atomic E-state index is -0.306. The lowest BCUT2D eigenvalue weighted by Gasteiger charge is -2.34. The van der Waals surface area contributed by atoms with Crippen LogP contribution in [0.25, 0.3) is 6.08 Å². The molecule has 5 aromatic rings. The van der Waals surface area contributed by atoms with Gasteiger partial charge in [0.2, 0.25) is 11.8 Å². The molecule has 0 atom stereocenters. The molecule has 0 N–H and O–H groups in total. The van der Waals surface area contributed by atoms with E-state index < -0.39 is 0 Å². The number of halogens is 2. The molecule has 1 aromatic heterocycles. The van der Waals surface area contributed by atoms with Crippen LogP contribution in [-0.4, -0.2) is 53.0 Å². The summed E-state index contributed by atoms with van der Waals surface area (Å²) in [7, 11) is 0.